The Labute approximate surface area is 158 Å². The SMILES string of the molecule is NC(=O)Cc1csc(NC(=O)c2ccc(-n3cnc4ccccc43)cc2)n1. The third kappa shape index (κ3) is 3.56. The van der Waals surface area contributed by atoms with E-state index in [4.69, 9.17) is 5.73 Å². The molecule has 7 nitrogen and oxygen atoms in total. The zero-order valence-corrected chi connectivity index (χ0v) is 14.9. The van der Waals surface area contributed by atoms with Gasteiger partial charge in [-0.15, -0.1) is 11.3 Å². The largest absolute Gasteiger partial charge is 0.369 e. The molecule has 0 aliphatic carbocycles. The van der Waals surface area contributed by atoms with Gasteiger partial charge in [0.05, 0.1) is 23.1 Å². The molecule has 2 heterocycles. The van der Waals surface area contributed by atoms with Crippen LogP contribution in [-0.2, 0) is 11.2 Å². The van der Waals surface area contributed by atoms with Gasteiger partial charge in [-0.2, -0.15) is 0 Å². The Bertz CT molecular complexity index is 1130. The second kappa shape index (κ2) is 7.00. The number of para-hydroxylation sites is 2. The van der Waals surface area contributed by atoms with E-state index in [-0.39, 0.29) is 12.3 Å². The van der Waals surface area contributed by atoms with Crippen molar-refractivity contribution in [3.8, 4) is 5.69 Å². The molecule has 4 rings (SSSR count). The normalized spacial score (nSPS) is 10.8. The molecule has 0 spiro atoms. The fourth-order valence-electron chi connectivity index (χ4n) is 2.73. The van der Waals surface area contributed by atoms with Crippen LogP contribution in [0.1, 0.15) is 16.1 Å². The highest BCUT2D eigenvalue weighted by Gasteiger charge is 2.11. The van der Waals surface area contributed by atoms with Crippen molar-refractivity contribution in [2.45, 2.75) is 6.42 Å². The van der Waals surface area contributed by atoms with Crippen LogP contribution >= 0.6 is 11.3 Å². The molecular weight excluding hydrogens is 362 g/mol. The first-order chi connectivity index (χ1) is 13.1. The molecule has 134 valence electrons. The van der Waals surface area contributed by atoms with Crippen LogP contribution in [0.3, 0.4) is 0 Å². The van der Waals surface area contributed by atoms with Crippen LogP contribution in [0.2, 0.25) is 0 Å². The van der Waals surface area contributed by atoms with Crippen molar-refractivity contribution in [3.63, 3.8) is 0 Å². The fourth-order valence-corrected chi connectivity index (χ4v) is 3.44. The van der Waals surface area contributed by atoms with Crippen LogP contribution in [0.15, 0.2) is 60.2 Å². The first-order valence-electron chi connectivity index (χ1n) is 8.17. The number of amides is 2. The summed E-state index contributed by atoms with van der Waals surface area (Å²) in [6.45, 7) is 0. The van der Waals surface area contributed by atoms with Crippen LogP contribution in [0.4, 0.5) is 5.13 Å². The lowest BCUT2D eigenvalue weighted by molar-refractivity contribution is -0.117. The van der Waals surface area contributed by atoms with E-state index in [0.717, 1.165) is 16.7 Å². The number of carbonyl (C=O) groups excluding carboxylic acids is 2. The average Bonchev–Trinajstić information content (AvgIpc) is 3.28. The number of nitrogens with two attached hydrogens (primary N) is 1. The third-order valence-electron chi connectivity index (χ3n) is 3.99. The highest BCUT2D eigenvalue weighted by atomic mass is 32.1. The molecule has 2 aromatic carbocycles. The summed E-state index contributed by atoms with van der Waals surface area (Å²) < 4.78 is 1.97. The van der Waals surface area contributed by atoms with Gasteiger partial charge < -0.3 is 5.73 Å². The molecule has 0 unspecified atom stereocenters. The van der Waals surface area contributed by atoms with E-state index in [1.165, 1.54) is 11.3 Å². The van der Waals surface area contributed by atoms with E-state index in [9.17, 15) is 9.59 Å². The van der Waals surface area contributed by atoms with Crippen LogP contribution in [0.25, 0.3) is 16.7 Å². The number of fused-ring (bicyclic) bond motifs is 1. The number of benzene rings is 2. The lowest BCUT2D eigenvalue weighted by Crippen LogP contribution is -2.14. The molecule has 0 atom stereocenters. The Balaban J connectivity index is 1.51. The number of imidazole rings is 1. The molecule has 0 radical (unpaired) electrons. The van der Waals surface area contributed by atoms with Crippen molar-refractivity contribution in [1.82, 2.24) is 14.5 Å². The van der Waals surface area contributed by atoms with E-state index in [1.54, 1.807) is 23.8 Å². The first kappa shape index (κ1) is 16.9. The molecule has 27 heavy (non-hydrogen) atoms. The van der Waals surface area contributed by atoms with Crippen molar-refractivity contribution in [2.24, 2.45) is 5.73 Å². The molecule has 0 saturated heterocycles. The minimum Gasteiger partial charge on any atom is -0.369 e. The predicted octanol–water partition coefficient (Wildman–Crippen LogP) is 2.76. The third-order valence-corrected chi connectivity index (χ3v) is 4.80. The maximum atomic E-state index is 12.4. The summed E-state index contributed by atoms with van der Waals surface area (Å²) in [6, 6.07) is 15.1. The van der Waals surface area contributed by atoms with Gasteiger partial charge in [-0.25, -0.2) is 9.97 Å². The zero-order valence-electron chi connectivity index (χ0n) is 14.1. The summed E-state index contributed by atoms with van der Waals surface area (Å²) >= 11 is 1.25. The number of anilines is 1. The number of nitrogens with zero attached hydrogens (tertiary/aromatic N) is 3. The van der Waals surface area contributed by atoms with Crippen molar-refractivity contribution in [3.05, 3.63) is 71.5 Å². The van der Waals surface area contributed by atoms with Crippen molar-refractivity contribution < 1.29 is 9.59 Å². The standard InChI is InChI=1S/C19H15N5O2S/c20-17(25)9-13-10-27-19(22-13)23-18(26)12-5-7-14(8-6-12)24-11-21-15-3-1-2-4-16(15)24/h1-8,10-11H,9H2,(H2,20,25)(H,22,23,26). The van der Waals surface area contributed by atoms with Gasteiger partial charge in [-0.3, -0.25) is 19.5 Å². The Morgan fingerprint density at radius 2 is 1.89 bits per heavy atom. The molecule has 3 N–H and O–H groups in total. The summed E-state index contributed by atoms with van der Waals surface area (Å²) in [4.78, 5) is 31.9. The summed E-state index contributed by atoms with van der Waals surface area (Å²) in [5.41, 5.74) is 9.03. The minimum atomic E-state index is -0.458. The second-order valence-electron chi connectivity index (χ2n) is 5.89. The molecule has 4 aromatic rings. The molecule has 2 aromatic heterocycles. The van der Waals surface area contributed by atoms with Gasteiger partial charge in [0.25, 0.3) is 5.91 Å². The van der Waals surface area contributed by atoms with Crippen molar-refractivity contribution in [2.75, 3.05) is 5.32 Å². The lowest BCUT2D eigenvalue weighted by Gasteiger charge is -2.06. The summed E-state index contributed by atoms with van der Waals surface area (Å²) in [5, 5.41) is 4.87. The molecule has 0 aliphatic heterocycles. The number of aromatic nitrogens is 3. The molecule has 0 fully saturated rings. The van der Waals surface area contributed by atoms with Gasteiger partial charge >= 0.3 is 0 Å². The van der Waals surface area contributed by atoms with E-state index in [2.05, 4.69) is 15.3 Å². The monoisotopic (exact) mass is 377 g/mol. The van der Waals surface area contributed by atoms with Crippen LogP contribution in [0, 0.1) is 0 Å². The number of hydrogen-bond acceptors (Lipinski definition) is 5. The van der Waals surface area contributed by atoms with Gasteiger partial charge in [0, 0.05) is 16.6 Å². The zero-order chi connectivity index (χ0) is 18.8. The maximum absolute atomic E-state index is 12.4. The topological polar surface area (TPSA) is 103 Å². The Morgan fingerprint density at radius 1 is 1.11 bits per heavy atom. The Kier molecular flexibility index (Phi) is 4.39. The maximum Gasteiger partial charge on any atom is 0.257 e. The number of nitrogens with one attached hydrogen (secondary N) is 1. The van der Waals surface area contributed by atoms with E-state index in [0.29, 0.717) is 16.4 Å². The van der Waals surface area contributed by atoms with Gasteiger partial charge in [0.2, 0.25) is 5.91 Å². The van der Waals surface area contributed by atoms with Gasteiger partial charge in [0.15, 0.2) is 5.13 Å². The molecule has 0 bridgehead atoms. The highest BCUT2D eigenvalue weighted by molar-refractivity contribution is 7.14. The smallest absolute Gasteiger partial charge is 0.257 e. The van der Waals surface area contributed by atoms with Crippen LogP contribution in [0.5, 0.6) is 0 Å². The Morgan fingerprint density at radius 3 is 2.67 bits per heavy atom. The summed E-state index contributed by atoms with van der Waals surface area (Å²) in [7, 11) is 0. The number of primary amides is 1. The molecule has 2 amide bonds. The second-order valence-corrected chi connectivity index (χ2v) is 6.75. The van der Waals surface area contributed by atoms with Crippen LogP contribution in [-0.4, -0.2) is 26.3 Å². The first-order valence-corrected chi connectivity index (χ1v) is 9.05. The average molecular weight is 377 g/mol. The molecule has 0 saturated carbocycles. The summed E-state index contributed by atoms with van der Waals surface area (Å²) in [5.74, 6) is -0.724. The molecule has 0 aliphatic rings. The van der Waals surface area contributed by atoms with Crippen molar-refractivity contribution >= 4 is 39.3 Å². The van der Waals surface area contributed by atoms with Gasteiger partial charge in [-0.05, 0) is 36.4 Å². The fraction of sp³-hybridized carbons (Fsp3) is 0.0526. The predicted molar refractivity (Wildman–Crippen MR) is 104 cm³/mol. The van der Waals surface area contributed by atoms with E-state index < -0.39 is 5.91 Å². The van der Waals surface area contributed by atoms with E-state index in [1.807, 2.05) is 41.0 Å². The molecule has 8 heteroatoms. The number of rotatable bonds is 5. The quantitative estimate of drug-likeness (QED) is 0.558. The van der Waals surface area contributed by atoms with Crippen molar-refractivity contribution in [1.29, 1.82) is 0 Å². The van der Waals surface area contributed by atoms with Crippen LogP contribution < -0.4 is 11.1 Å². The van der Waals surface area contributed by atoms with E-state index >= 15 is 0 Å². The highest BCUT2D eigenvalue weighted by Crippen LogP contribution is 2.20. The summed E-state index contributed by atoms with van der Waals surface area (Å²) in [6.07, 6.45) is 1.81. The number of thiazole rings is 1. The Hall–Kier alpha value is -3.52. The minimum absolute atomic E-state index is 0.0555. The van der Waals surface area contributed by atoms with Gasteiger partial charge in [-0.1, -0.05) is 12.1 Å². The number of hydrogen-bond donors (Lipinski definition) is 2. The lowest BCUT2D eigenvalue weighted by atomic mass is 10.2. The molecular formula is C19H15N5O2S. The number of carbonyl (C=O) groups is 2. The van der Waals surface area contributed by atoms with Gasteiger partial charge in [0.1, 0.15) is 6.33 Å².